The molecule has 0 spiro atoms. The maximum Gasteiger partial charge on any atom is 0.387 e. The van der Waals surface area contributed by atoms with E-state index in [0.29, 0.717) is 0 Å². The summed E-state index contributed by atoms with van der Waals surface area (Å²) >= 11 is 0. The minimum atomic E-state index is -2.77. The highest BCUT2D eigenvalue weighted by atomic mass is 19.3. The molecule has 1 heterocycles. The molecule has 1 aromatic carbocycles. The van der Waals surface area contributed by atoms with Crippen molar-refractivity contribution < 1.29 is 13.5 Å². The first-order valence-electron chi connectivity index (χ1n) is 6.10. The summed E-state index contributed by atoms with van der Waals surface area (Å²) in [5, 5.41) is 0. The van der Waals surface area contributed by atoms with E-state index in [2.05, 4.69) is 16.6 Å². The van der Waals surface area contributed by atoms with Gasteiger partial charge in [0, 0.05) is 25.2 Å². The molecule has 1 aromatic rings. The van der Waals surface area contributed by atoms with Crippen molar-refractivity contribution >= 4 is 0 Å². The molecule has 1 saturated heterocycles. The smallest absolute Gasteiger partial charge is 0.387 e. The second kappa shape index (κ2) is 5.63. The topological polar surface area (TPSA) is 38.5 Å². The Bertz CT molecular complexity index is 383. The molecule has 2 rings (SSSR count). The number of halogens is 2. The maximum absolute atomic E-state index is 12.0. The van der Waals surface area contributed by atoms with E-state index in [-0.39, 0.29) is 17.8 Å². The lowest BCUT2D eigenvalue weighted by atomic mass is 10.1. The Hall–Kier alpha value is -1.20. The highest BCUT2D eigenvalue weighted by molar-refractivity contribution is 5.29. The highest BCUT2D eigenvalue weighted by Gasteiger charge is 2.24. The fraction of sp³-hybridized carbons (Fsp3) is 0.538. The van der Waals surface area contributed by atoms with Crippen LogP contribution in [0.2, 0.25) is 0 Å². The maximum atomic E-state index is 12.0. The minimum absolute atomic E-state index is 0.194. The summed E-state index contributed by atoms with van der Waals surface area (Å²) < 4.78 is 28.4. The molecular formula is C13H18F2N2O. The summed E-state index contributed by atoms with van der Waals surface area (Å²) in [7, 11) is 0. The number of hydrogen-bond acceptors (Lipinski definition) is 3. The van der Waals surface area contributed by atoms with Gasteiger partial charge in [0.25, 0.3) is 0 Å². The van der Waals surface area contributed by atoms with Crippen molar-refractivity contribution in [1.82, 2.24) is 4.90 Å². The van der Waals surface area contributed by atoms with Gasteiger partial charge in [0.1, 0.15) is 5.75 Å². The molecule has 1 aliphatic rings. The van der Waals surface area contributed by atoms with Gasteiger partial charge in [0.05, 0.1) is 0 Å². The fourth-order valence-electron chi connectivity index (χ4n) is 2.31. The zero-order valence-corrected chi connectivity index (χ0v) is 10.4. The van der Waals surface area contributed by atoms with E-state index in [1.165, 1.54) is 0 Å². The second-order valence-electron chi connectivity index (χ2n) is 4.67. The summed E-state index contributed by atoms with van der Waals surface area (Å²) in [6.07, 6.45) is 1.01. The van der Waals surface area contributed by atoms with Gasteiger partial charge in [-0.15, -0.1) is 0 Å². The molecule has 0 bridgehead atoms. The van der Waals surface area contributed by atoms with Crippen molar-refractivity contribution in [2.75, 3.05) is 13.1 Å². The zero-order valence-electron chi connectivity index (χ0n) is 10.4. The van der Waals surface area contributed by atoms with Crippen molar-refractivity contribution in [2.45, 2.75) is 32.0 Å². The first-order valence-corrected chi connectivity index (χ1v) is 6.10. The molecule has 2 atom stereocenters. The number of nitrogens with two attached hydrogens (primary N) is 1. The van der Waals surface area contributed by atoms with Crippen LogP contribution in [0.3, 0.4) is 0 Å². The van der Waals surface area contributed by atoms with Crippen LogP contribution in [0.25, 0.3) is 0 Å². The van der Waals surface area contributed by atoms with E-state index in [0.717, 1.165) is 25.1 Å². The highest BCUT2D eigenvalue weighted by Crippen LogP contribution is 2.26. The third kappa shape index (κ3) is 3.17. The van der Waals surface area contributed by atoms with E-state index in [1.54, 1.807) is 12.1 Å². The Morgan fingerprint density at radius 3 is 2.50 bits per heavy atom. The Morgan fingerprint density at radius 1 is 1.33 bits per heavy atom. The molecule has 0 saturated carbocycles. The normalized spacial score (nSPS) is 22.4. The van der Waals surface area contributed by atoms with Gasteiger partial charge in [-0.3, -0.25) is 4.90 Å². The van der Waals surface area contributed by atoms with Crippen LogP contribution in [-0.4, -0.2) is 30.6 Å². The van der Waals surface area contributed by atoms with Crippen LogP contribution in [0.4, 0.5) is 8.78 Å². The van der Waals surface area contributed by atoms with Gasteiger partial charge in [-0.25, -0.2) is 0 Å². The molecule has 0 aromatic heterocycles. The molecule has 18 heavy (non-hydrogen) atoms. The predicted octanol–water partition coefficient (Wildman–Crippen LogP) is 2.38. The summed E-state index contributed by atoms with van der Waals surface area (Å²) in [4.78, 5) is 2.30. The van der Waals surface area contributed by atoms with Crippen LogP contribution in [-0.2, 0) is 0 Å². The number of nitrogens with zero attached hydrogens (tertiary/aromatic N) is 1. The molecule has 0 radical (unpaired) electrons. The molecular weight excluding hydrogens is 238 g/mol. The number of ether oxygens (including phenoxy) is 1. The Balaban J connectivity index is 2.00. The first-order chi connectivity index (χ1) is 8.56. The lowest BCUT2D eigenvalue weighted by Crippen LogP contribution is -2.28. The minimum Gasteiger partial charge on any atom is -0.435 e. The van der Waals surface area contributed by atoms with Gasteiger partial charge in [0.2, 0.25) is 0 Å². The average Bonchev–Trinajstić information content (AvgIpc) is 2.75. The monoisotopic (exact) mass is 256 g/mol. The third-order valence-electron chi connectivity index (χ3n) is 3.39. The molecule has 1 fully saturated rings. The standard InChI is InChI=1S/C13H18F2N2O/c1-9(17-7-6-11(16)8-17)10-2-4-12(5-3-10)18-13(14)15/h2-5,9,11,13H,6-8,16H2,1H3. The summed E-state index contributed by atoms with van der Waals surface area (Å²) in [6.45, 7) is 1.19. The molecule has 0 amide bonds. The molecule has 3 nitrogen and oxygen atoms in total. The molecule has 2 unspecified atom stereocenters. The van der Waals surface area contributed by atoms with E-state index in [1.807, 2.05) is 12.1 Å². The first kappa shape index (κ1) is 13.2. The summed E-state index contributed by atoms with van der Waals surface area (Å²) in [5.74, 6) is 0.194. The van der Waals surface area contributed by atoms with Crippen LogP contribution in [0.1, 0.15) is 24.9 Å². The van der Waals surface area contributed by atoms with Gasteiger partial charge >= 0.3 is 6.61 Å². The van der Waals surface area contributed by atoms with Crippen molar-refractivity contribution in [3.05, 3.63) is 29.8 Å². The van der Waals surface area contributed by atoms with Crippen LogP contribution < -0.4 is 10.5 Å². The zero-order chi connectivity index (χ0) is 13.1. The Labute approximate surface area is 106 Å². The van der Waals surface area contributed by atoms with E-state index in [4.69, 9.17) is 5.73 Å². The van der Waals surface area contributed by atoms with Crippen molar-refractivity contribution in [3.63, 3.8) is 0 Å². The second-order valence-corrected chi connectivity index (χ2v) is 4.67. The van der Waals surface area contributed by atoms with E-state index < -0.39 is 6.61 Å². The SMILES string of the molecule is CC(c1ccc(OC(F)F)cc1)N1CCC(N)C1. The number of rotatable bonds is 4. The Morgan fingerprint density at radius 2 is 2.00 bits per heavy atom. The van der Waals surface area contributed by atoms with Gasteiger partial charge < -0.3 is 10.5 Å². The number of hydrogen-bond donors (Lipinski definition) is 1. The molecule has 5 heteroatoms. The van der Waals surface area contributed by atoms with E-state index in [9.17, 15) is 8.78 Å². The van der Waals surface area contributed by atoms with Gasteiger partial charge in [-0.2, -0.15) is 8.78 Å². The number of alkyl halides is 2. The van der Waals surface area contributed by atoms with Gasteiger partial charge in [-0.1, -0.05) is 12.1 Å². The van der Waals surface area contributed by atoms with Crippen molar-refractivity contribution in [1.29, 1.82) is 0 Å². The van der Waals surface area contributed by atoms with E-state index >= 15 is 0 Å². The number of likely N-dealkylation sites (tertiary alicyclic amines) is 1. The lowest BCUT2D eigenvalue weighted by Gasteiger charge is -2.24. The fourth-order valence-corrected chi connectivity index (χ4v) is 2.31. The average molecular weight is 256 g/mol. The molecule has 0 aliphatic carbocycles. The predicted molar refractivity (Wildman–Crippen MR) is 65.7 cm³/mol. The largest absolute Gasteiger partial charge is 0.435 e. The molecule has 100 valence electrons. The molecule has 2 N–H and O–H groups in total. The lowest BCUT2D eigenvalue weighted by molar-refractivity contribution is -0.0498. The van der Waals surface area contributed by atoms with Crippen LogP contribution in [0.5, 0.6) is 5.75 Å². The summed E-state index contributed by atoms with van der Waals surface area (Å²) in [6, 6.07) is 7.30. The third-order valence-corrected chi connectivity index (χ3v) is 3.39. The van der Waals surface area contributed by atoms with Crippen molar-refractivity contribution in [3.8, 4) is 5.75 Å². The van der Waals surface area contributed by atoms with Crippen LogP contribution in [0.15, 0.2) is 24.3 Å². The Kier molecular flexibility index (Phi) is 4.14. The van der Waals surface area contributed by atoms with Crippen molar-refractivity contribution in [2.24, 2.45) is 5.73 Å². The van der Waals surface area contributed by atoms with Gasteiger partial charge in [-0.05, 0) is 31.0 Å². The van der Waals surface area contributed by atoms with Gasteiger partial charge in [0.15, 0.2) is 0 Å². The van der Waals surface area contributed by atoms with Crippen LogP contribution in [0, 0.1) is 0 Å². The quantitative estimate of drug-likeness (QED) is 0.899. The number of benzene rings is 1. The van der Waals surface area contributed by atoms with Crippen LogP contribution >= 0.6 is 0 Å². The molecule has 1 aliphatic heterocycles. The summed E-state index contributed by atoms with van der Waals surface area (Å²) in [5.41, 5.74) is 6.96.